The molecule has 1 rings (SSSR count). The lowest BCUT2D eigenvalue weighted by Gasteiger charge is -2.07. The Morgan fingerprint density at radius 2 is 2.18 bits per heavy atom. The summed E-state index contributed by atoms with van der Waals surface area (Å²) in [5, 5.41) is 10.7. The average Bonchev–Trinajstić information content (AvgIpc) is 2.26. The van der Waals surface area contributed by atoms with E-state index in [-0.39, 0.29) is 5.69 Å². The van der Waals surface area contributed by atoms with Crippen LogP contribution in [0, 0.1) is 17.0 Å². The predicted octanol–water partition coefficient (Wildman–Crippen LogP) is 2.02. The Morgan fingerprint density at radius 3 is 2.59 bits per heavy atom. The van der Waals surface area contributed by atoms with E-state index in [4.69, 9.17) is 0 Å². The average molecular weight is 246 g/mol. The van der Waals surface area contributed by atoms with Crippen molar-refractivity contribution in [2.24, 2.45) is 0 Å². The number of methoxy groups -OCH3 is 1. The topological polar surface area (TPSA) is 82.3 Å². The number of alkyl halides is 2. The summed E-state index contributed by atoms with van der Waals surface area (Å²) in [4.78, 5) is 24.4. The molecule has 0 fully saturated rings. The standard InChI is InChI=1S/C9H8F2N2O4/c1-4-3-5(7(10)11)6(9(14)17-2)8(12-4)13(15)16/h3,7H,1-2H3. The maximum absolute atomic E-state index is 12.7. The Kier molecular flexibility index (Phi) is 3.66. The first-order chi connectivity index (χ1) is 7.88. The third-order valence-electron chi connectivity index (χ3n) is 1.96. The fraction of sp³-hybridized carbons (Fsp3) is 0.333. The fourth-order valence-electron chi connectivity index (χ4n) is 1.30. The number of carbonyl (C=O) groups excluding carboxylic acids is 1. The molecule has 17 heavy (non-hydrogen) atoms. The number of carbonyl (C=O) groups is 1. The molecule has 6 nitrogen and oxygen atoms in total. The van der Waals surface area contributed by atoms with Gasteiger partial charge < -0.3 is 14.9 Å². The summed E-state index contributed by atoms with van der Waals surface area (Å²) in [7, 11) is 0.946. The molecule has 0 saturated carbocycles. The van der Waals surface area contributed by atoms with Gasteiger partial charge in [0.2, 0.25) is 0 Å². The Bertz CT molecular complexity index is 476. The highest BCUT2D eigenvalue weighted by Crippen LogP contribution is 2.29. The van der Waals surface area contributed by atoms with Crippen LogP contribution < -0.4 is 0 Å². The minimum Gasteiger partial charge on any atom is -0.465 e. The second-order valence-corrected chi connectivity index (χ2v) is 3.10. The normalized spacial score (nSPS) is 10.4. The highest BCUT2D eigenvalue weighted by Gasteiger charge is 2.31. The largest absolute Gasteiger partial charge is 0.465 e. The van der Waals surface area contributed by atoms with Crippen LogP contribution in [-0.4, -0.2) is 23.0 Å². The lowest BCUT2D eigenvalue weighted by atomic mass is 10.1. The van der Waals surface area contributed by atoms with Crippen molar-refractivity contribution in [2.75, 3.05) is 7.11 Å². The van der Waals surface area contributed by atoms with Crippen LogP contribution in [0.3, 0.4) is 0 Å². The maximum atomic E-state index is 12.7. The number of hydrogen-bond acceptors (Lipinski definition) is 5. The molecule has 8 heteroatoms. The first kappa shape index (κ1) is 12.9. The molecule has 0 aliphatic heterocycles. The summed E-state index contributed by atoms with van der Waals surface area (Å²) in [6.07, 6.45) is -3.02. The molecule has 0 N–H and O–H groups in total. The van der Waals surface area contributed by atoms with Gasteiger partial charge in [0, 0.05) is 12.5 Å². The molecule has 0 radical (unpaired) electrons. The van der Waals surface area contributed by atoms with Gasteiger partial charge in [-0.3, -0.25) is 0 Å². The van der Waals surface area contributed by atoms with Crippen molar-refractivity contribution in [2.45, 2.75) is 13.3 Å². The molecule has 0 unspecified atom stereocenters. The highest BCUT2D eigenvalue weighted by atomic mass is 19.3. The molecular weight excluding hydrogens is 238 g/mol. The molecule has 0 saturated heterocycles. The molecule has 0 amide bonds. The first-order valence-corrected chi connectivity index (χ1v) is 4.40. The van der Waals surface area contributed by atoms with E-state index in [9.17, 15) is 23.7 Å². The zero-order valence-electron chi connectivity index (χ0n) is 8.94. The van der Waals surface area contributed by atoms with Gasteiger partial charge in [0.1, 0.15) is 0 Å². The van der Waals surface area contributed by atoms with Gasteiger partial charge in [-0.05, 0) is 16.0 Å². The van der Waals surface area contributed by atoms with Crippen molar-refractivity contribution in [1.29, 1.82) is 0 Å². The van der Waals surface area contributed by atoms with Gasteiger partial charge in [0.25, 0.3) is 6.43 Å². The van der Waals surface area contributed by atoms with E-state index < -0.39 is 34.3 Å². The molecule has 1 heterocycles. The molecule has 1 aromatic rings. The summed E-state index contributed by atoms with van der Waals surface area (Å²) >= 11 is 0. The van der Waals surface area contributed by atoms with Crippen molar-refractivity contribution in [3.05, 3.63) is 33.0 Å². The Morgan fingerprint density at radius 1 is 1.59 bits per heavy atom. The fourth-order valence-corrected chi connectivity index (χ4v) is 1.30. The molecule has 0 aliphatic carbocycles. The maximum Gasteiger partial charge on any atom is 0.378 e. The zero-order chi connectivity index (χ0) is 13.2. The van der Waals surface area contributed by atoms with Crippen molar-refractivity contribution >= 4 is 11.8 Å². The third-order valence-corrected chi connectivity index (χ3v) is 1.96. The number of halogens is 2. The van der Waals surface area contributed by atoms with E-state index in [2.05, 4.69) is 9.72 Å². The van der Waals surface area contributed by atoms with Crippen LogP contribution >= 0.6 is 0 Å². The third kappa shape index (κ3) is 2.52. The highest BCUT2D eigenvalue weighted by molar-refractivity contribution is 5.94. The Balaban J connectivity index is 3.59. The van der Waals surface area contributed by atoms with Gasteiger partial charge in [-0.1, -0.05) is 0 Å². The summed E-state index contributed by atoms with van der Waals surface area (Å²) < 4.78 is 29.6. The number of rotatable bonds is 3. The summed E-state index contributed by atoms with van der Waals surface area (Å²) in [5.74, 6) is -2.13. The number of esters is 1. The number of nitrogens with zero attached hydrogens (tertiary/aromatic N) is 2. The lowest BCUT2D eigenvalue weighted by Crippen LogP contribution is -2.12. The molecule has 0 aromatic carbocycles. The van der Waals surface area contributed by atoms with E-state index in [1.54, 1.807) is 0 Å². The number of hydrogen-bond donors (Lipinski definition) is 0. The van der Waals surface area contributed by atoms with Crippen LogP contribution in [0.2, 0.25) is 0 Å². The first-order valence-electron chi connectivity index (χ1n) is 4.40. The molecule has 92 valence electrons. The summed E-state index contributed by atoms with van der Waals surface area (Å²) in [5.41, 5.74) is -1.53. The molecule has 1 aromatic heterocycles. The number of ether oxygens (including phenoxy) is 1. The van der Waals surface area contributed by atoms with E-state index in [1.165, 1.54) is 6.92 Å². The SMILES string of the molecule is COC(=O)c1c(C(F)F)cc(C)nc1[N+](=O)[O-]. The van der Waals surface area contributed by atoms with E-state index in [1.807, 2.05) is 0 Å². The van der Waals surface area contributed by atoms with E-state index in [0.717, 1.165) is 13.2 Å². The van der Waals surface area contributed by atoms with Gasteiger partial charge >= 0.3 is 11.8 Å². The van der Waals surface area contributed by atoms with Crippen LogP contribution in [0.5, 0.6) is 0 Å². The second kappa shape index (κ2) is 4.81. The van der Waals surface area contributed by atoms with Crippen molar-refractivity contribution < 1.29 is 23.2 Å². The quantitative estimate of drug-likeness (QED) is 0.463. The monoisotopic (exact) mass is 246 g/mol. The molecule has 0 bridgehead atoms. The Hall–Kier alpha value is -2.12. The molecule has 0 spiro atoms. The van der Waals surface area contributed by atoms with Crippen LogP contribution in [0.4, 0.5) is 14.6 Å². The van der Waals surface area contributed by atoms with Crippen LogP contribution in [0.15, 0.2) is 6.07 Å². The van der Waals surface area contributed by atoms with Gasteiger partial charge in [0.15, 0.2) is 11.3 Å². The summed E-state index contributed by atoms with van der Waals surface area (Å²) in [6, 6.07) is 0.921. The van der Waals surface area contributed by atoms with Gasteiger partial charge in [-0.2, -0.15) is 0 Å². The van der Waals surface area contributed by atoms with Gasteiger partial charge in [0.05, 0.1) is 7.11 Å². The zero-order valence-corrected chi connectivity index (χ0v) is 8.94. The van der Waals surface area contributed by atoms with Crippen molar-refractivity contribution in [3.8, 4) is 0 Å². The van der Waals surface area contributed by atoms with Crippen LogP contribution in [0.1, 0.15) is 28.0 Å². The number of aryl methyl sites for hydroxylation is 1. The molecular formula is C9H8F2N2O4. The van der Waals surface area contributed by atoms with Gasteiger partial charge in [-0.15, -0.1) is 0 Å². The van der Waals surface area contributed by atoms with Crippen LogP contribution in [0.25, 0.3) is 0 Å². The molecule has 0 aliphatic rings. The smallest absolute Gasteiger partial charge is 0.378 e. The predicted molar refractivity (Wildman–Crippen MR) is 51.9 cm³/mol. The van der Waals surface area contributed by atoms with Gasteiger partial charge in [-0.25, -0.2) is 13.6 Å². The van der Waals surface area contributed by atoms with E-state index in [0.29, 0.717) is 0 Å². The lowest BCUT2D eigenvalue weighted by molar-refractivity contribution is -0.390. The van der Waals surface area contributed by atoms with Crippen molar-refractivity contribution in [3.63, 3.8) is 0 Å². The number of aromatic nitrogens is 1. The van der Waals surface area contributed by atoms with Crippen LogP contribution in [-0.2, 0) is 4.74 Å². The van der Waals surface area contributed by atoms with E-state index >= 15 is 0 Å². The Labute approximate surface area is 94.4 Å². The summed E-state index contributed by atoms with van der Waals surface area (Å²) in [6.45, 7) is 1.32. The minimum absolute atomic E-state index is 0.0275. The number of pyridine rings is 1. The second-order valence-electron chi connectivity index (χ2n) is 3.10. The number of nitro groups is 1. The van der Waals surface area contributed by atoms with Crippen molar-refractivity contribution in [1.82, 2.24) is 4.98 Å². The molecule has 0 atom stereocenters. The minimum atomic E-state index is -3.02.